The molecule has 0 aliphatic carbocycles. The minimum Gasteiger partial charge on any atom is -0.334 e. The zero-order valence-corrected chi connectivity index (χ0v) is 15.4. The highest BCUT2D eigenvalue weighted by molar-refractivity contribution is 7.14. The van der Waals surface area contributed by atoms with Gasteiger partial charge in [0.15, 0.2) is 0 Å². The Balaban J connectivity index is 2.12. The van der Waals surface area contributed by atoms with Gasteiger partial charge in [-0.25, -0.2) is 4.98 Å². The van der Waals surface area contributed by atoms with E-state index in [1.165, 1.54) is 39.1 Å². The number of carbonyl (C=O) groups excluding carboxylic acids is 1. The number of halogens is 3. The van der Waals surface area contributed by atoms with E-state index in [1.807, 2.05) is 13.0 Å². The second-order valence-corrected chi connectivity index (χ2v) is 7.05. The molecule has 0 bridgehead atoms. The number of amides is 1. The van der Waals surface area contributed by atoms with E-state index in [0.717, 1.165) is 23.8 Å². The van der Waals surface area contributed by atoms with Crippen molar-refractivity contribution in [2.45, 2.75) is 52.4 Å². The van der Waals surface area contributed by atoms with Gasteiger partial charge in [0.2, 0.25) is 0 Å². The molecule has 2 heterocycles. The summed E-state index contributed by atoms with van der Waals surface area (Å²) in [5, 5.41) is 0. The van der Waals surface area contributed by atoms with Gasteiger partial charge < -0.3 is 9.47 Å². The zero-order chi connectivity index (χ0) is 18.6. The number of hydrogen-bond donors (Lipinski definition) is 0. The van der Waals surface area contributed by atoms with Gasteiger partial charge in [0.1, 0.15) is 12.4 Å². The molecule has 8 heteroatoms. The minimum atomic E-state index is -4.32. The van der Waals surface area contributed by atoms with Crippen molar-refractivity contribution in [3.05, 3.63) is 39.6 Å². The van der Waals surface area contributed by atoms with Gasteiger partial charge in [0.25, 0.3) is 5.91 Å². The number of aryl methyl sites for hydroxylation is 2. The molecule has 0 fully saturated rings. The number of carbonyl (C=O) groups is 1. The Bertz CT molecular complexity index is 721. The van der Waals surface area contributed by atoms with Crippen LogP contribution in [-0.4, -0.2) is 33.6 Å². The standard InChI is InChI=1S/C17H22F3N3OS/c1-4-6-13-12(5-2)9-14(25-13)16(24)22(3)10-15-21-7-8-23(15)11-17(18,19)20/h7-9H,4-6,10-11H2,1-3H3. The normalized spacial score (nSPS) is 11.8. The van der Waals surface area contributed by atoms with Crippen molar-refractivity contribution in [3.8, 4) is 0 Å². The maximum absolute atomic E-state index is 12.6. The first-order valence-corrected chi connectivity index (χ1v) is 9.00. The molecule has 0 spiro atoms. The second kappa shape index (κ2) is 8.03. The number of alkyl halides is 3. The summed E-state index contributed by atoms with van der Waals surface area (Å²) in [5.41, 5.74) is 1.17. The van der Waals surface area contributed by atoms with Gasteiger partial charge in [0, 0.05) is 24.3 Å². The van der Waals surface area contributed by atoms with Crippen LogP contribution in [0.5, 0.6) is 0 Å². The summed E-state index contributed by atoms with van der Waals surface area (Å²) in [5.74, 6) is 0.0258. The lowest BCUT2D eigenvalue weighted by molar-refractivity contribution is -0.141. The SMILES string of the molecule is CCCc1sc(C(=O)N(C)Cc2nccn2CC(F)(F)F)cc1CC. The molecule has 0 aromatic carbocycles. The molecule has 4 nitrogen and oxygen atoms in total. The molecule has 0 aliphatic rings. The van der Waals surface area contributed by atoms with Crippen molar-refractivity contribution in [2.75, 3.05) is 7.05 Å². The predicted octanol–water partition coefficient (Wildman–Crippen LogP) is 4.29. The van der Waals surface area contributed by atoms with E-state index in [4.69, 9.17) is 0 Å². The Kier molecular flexibility index (Phi) is 6.26. The number of thiophene rings is 1. The number of nitrogens with zero attached hydrogens (tertiary/aromatic N) is 3. The summed E-state index contributed by atoms with van der Waals surface area (Å²) in [6, 6.07) is 1.90. The molecule has 0 radical (unpaired) electrons. The van der Waals surface area contributed by atoms with Crippen LogP contribution in [-0.2, 0) is 25.9 Å². The Labute approximate surface area is 149 Å². The maximum Gasteiger partial charge on any atom is 0.406 e. The molecule has 2 aromatic heterocycles. The summed E-state index contributed by atoms with van der Waals surface area (Å²) < 4.78 is 38.8. The lowest BCUT2D eigenvalue weighted by atomic mass is 10.1. The van der Waals surface area contributed by atoms with Gasteiger partial charge in [-0.1, -0.05) is 20.3 Å². The summed E-state index contributed by atoms with van der Waals surface area (Å²) in [6.45, 7) is 3.06. The number of hydrogen-bond acceptors (Lipinski definition) is 3. The topological polar surface area (TPSA) is 38.1 Å². The lowest BCUT2D eigenvalue weighted by Crippen LogP contribution is -2.28. The van der Waals surface area contributed by atoms with Gasteiger partial charge in [0.05, 0.1) is 11.4 Å². The quantitative estimate of drug-likeness (QED) is 0.726. The van der Waals surface area contributed by atoms with Gasteiger partial charge in [-0.3, -0.25) is 4.79 Å². The molecule has 1 amide bonds. The molecule has 138 valence electrons. The van der Waals surface area contributed by atoms with E-state index >= 15 is 0 Å². The molecular formula is C17H22F3N3OS. The maximum atomic E-state index is 12.6. The average molecular weight is 373 g/mol. The van der Waals surface area contributed by atoms with Gasteiger partial charge in [-0.2, -0.15) is 13.2 Å². The molecule has 2 aromatic rings. The smallest absolute Gasteiger partial charge is 0.334 e. The van der Waals surface area contributed by atoms with Crippen LogP contribution in [0.4, 0.5) is 13.2 Å². The van der Waals surface area contributed by atoms with Crippen molar-refractivity contribution in [2.24, 2.45) is 0 Å². The first kappa shape index (κ1) is 19.5. The van der Waals surface area contributed by atoms with Crippen molar-refractivity contribution in [3.63, 3.8) is 0 Å². The highest BCUT2D eigenvalue weighted by atomic mass is 32.1. The summed E-state index contributed by atoms with van der Waals surface area (Å²) in [7, 11) is 1.58. The van der Waals surface area contributed by atoms with E-state index in [-0.39, 0.29) is 18.3 Å². The first-order chi connectivity index (χ1) is 11.7. The Morgan fingerprint density at radius 1 is 1.36 bits per heavy atom. The third kappa shape index (κ3) is 5.07. The largest absolute Gasteiger partial charge is 0.406 e. The zero-order valence-electron chi connectivity index (χ0n) is 14.6. The minimum absolute atomic E-state index is 0.0321. The third-order valence-corrected chi connectivity index (χ3v) is 5.07. The van der Waals surface area contributed by atoms with E-state index in [9.17, 15) is 18.0 Å². The molecule has 0 unspecified atom stereocenters. The Morgan fingerprint density at radius 3 is 2.68 bits per heavy atom. The van der Waals surface area contributed by atoms with Crippen molar-refractivity contribution in [1.82, 2.24) is 14.5 Å². The van der Waals surface area contributed by atoms with Crippen LogP contribution in [0.1, 0.15) is 46.2 Å². The average Bonchev–Trinajstić information content (AvgIpc) is 3.12. The molecule has 25 heavy (non-hydrogen) atoms. The fourth-order valence-electron chi connectivity index (χ4n) is 2.61. The molecule has 0 saturated heterocycles. The first-order valence-electron chi connectivity index (χ1n) is 8.19. The molecule has 0 aliphatic heterocycles. The van der Waals surface area contributed by atoms with Crippen LogP contribution in [0.2, 0.25) is 0 Å². The summed E-state index contributed by atoms with van der Waals surface area (Å²) >= 11 is 1.47. The monoisotopic (exact) mass is 373 g/mol. The van der Waals surface area contributed by atoms with Crippen LogP contribution in [0.15, 0.2) is 18.5 Å². The predicted molar refractivity (Wildman–Crippen MR) is 91.8 cm³/mol. The summed E-state index contributed by atoms with van der Waals surface area (Å²) in [4.78, 5) is 19.8. The van der Waals surface area contributed by atoms with Crippen LogP contribution in [0, 0.1) is 0 Å². The molecule has 2 rings (SSSR count). The van der Waals surface area contributed by atoms with E-state index < -0.39 is 12.7 Å². The van der Waals surface area contributed by atoms with Crippen LogP contribution in [0.3, 0.4) is 0 Å². The second-order valence-electron chi connectivity index (χ2n) is 5.91. The number of rotatable bonds is 7. The van der Waals surface area contributed by atoms with Crippen LogP contribution >= 0.6 is 11.3 Å². The molecule has 0 atom stereocenters. The molecular weight excluding hydrogens is 351 g/mol. The lowest BCUT2D eigenvalue weighted by Gasteiger charge is -2.17. The fraction of sp³-hybridized carbons (Fsp3) is 0.529. The molecule has 0 saturated carbocycles. The van der Waals surface area contributed by atoms with Crippen molar-refractivity contribution < 1.29 is 18.0 Å². The third-order valence-electron chi connectivity index (χ3n) is 3.84. The fourth-order valence-corrected chi connectivity index (χ4v) is 3.96. The highest BCUT2D eigenvalue weighted by Gasteiger charge is 2.29. The Morgan fingerprint density at radius 2 is 2.08 bits per heavy atom. The Hall–Kier alpha value is -1.83. The molecule has 0 N–H and O–H groups in total. The van der Waals surface area contributed by atoms with E-state index in [1.54, 1.807) is 7.05 Å². The van der Waals surface area contributed by atoms with E-state index in [0.29, 0.717) is 4.88 Å². The number of imidazole rings is 1. The highest BCUT2D eigenvalue weighted by Crippen LogP contribution is 2.26. The van der Waals surface area contributed by atoms with Crippen molar-refractivity contribution >= 4 is 17.2 Å². The summed E-state index contributed by atoms with van der Waals surface area (Å²) in [6.07, 6.45) is 1.07. The van der Waals surface area contributed by atoms with Crippen LogP contribution < -0.4 is 0 Å². The van der Waals surface area contributed by atoms with Gasteiger partial charge in [-0.05, 0) is 24.5 Å². The van der Waals surface area contributed by atoms with E-state index in [2.05, 4.69) is 11.9 Å². The number of aromatic nitrogens is 2. The van der Waals surface area contributed by atoms with Gasteiger partial charge in [-0.15, -0.1) is 11.3 Å². The van der Waals surface area contributed by atoms with Crippen LogP contribution in [0.25, 0.3) is 0 Å². The van der Waals surface area contributed by atoms with Gasteiger partial charge >= 0.3 is 6.18 Å². The van der Waals surface area contributed by atoms with Crippen molar-refractivity contribution in [1.29, 1.82) is 0 Å².